The average molecular weight is 414 g/mol. The smallest absolute Gasteiger partial charge is 0.236 e. The number of carbonyl (C=O) groups is 1. The van der Waals surface area contributed by atoms with Gasteiger partial charge in [0.2, 0.25) is 5.91 Å². The Kier molecular flexibility index (Phi) is 6.49. The molecule has 2 aromatic rings. The Morgan fingerprint density at radius 1 is 0.933 bits per heavy atom. The van der Waals surface area contributed by atoms with Gasteiger partial charge in [0.1, 0.15) is 5.82 Å². The first-order valence-electron chi connectivity index (χ1n) is 11.0. The zero-order chi connectivity index (χ0) is 21.1. The minimum Gasteiger partial charge on any atom is -0.342 e. The van der Waals surface area contributed by atoms with Gasteiger partial charge in [-0.05, 0) is 57.4 Å². The van der Waals surface area contributed by atoms with Crippen molar-refractivity contribution >= 4 is 5.91 Å². The van der Waals surface area contributed by atoms with Crippen LogP contribution in [0.2, 0.25) is 0 Å². The standard InChI is InChI=1S/C23H32FN5O/c1-18-22(19(2)29(25-18)21-8-6-20(24)7-9-21)16-26-12-14-27(15-13-26)17-23(30)28-10-4-3-5-11-28/h6-9H,3-5,10-17H2,1-2H3. The number of aromatic nitrogens is 2. The number of hydrogen-bond acceptors (Lipinski definition) is 4. The number of rotatable bonds is 5. The topological polar surface area (TPSA) is 44.6 Å². The molecule has 2 aliphatic heterocycles. The third kappa shape index (κ3) is 4.73. The first-order valence-corrected chi connectivity index (χ1v) is 11.0. The van der Waals surface area contributed by atoms with Crippen LogP contribution < -0.4 is 0 Å². The zero-order valence-electron chi connectivity index (χ0n) is 18.1. The molecular weight excluding hydrogens is 381 g/mol. The van der Waals surface area contributed by atoms with Crippen LogP contribution in [0, 0.1) is 19.7 Å². The van der Waals surface area contributed by atoms with E-state index in [0.29, 0.717) is 6.54 Å². The second-order valence-corrected chi connectivity index (χ2v) is 8.53. The first-order chi connectivity index (χ1) is 14.5. The Balaban J connectivity index is 1.33. The fraction of sp³-hybridized carbons (Fsp3) is 0.565. The molecule has 7 heteroatoms. The molecular formula is C23H32FN5O. The van der Waals surface area contributed by atoms with Crippen LogP contribution in [0.25, 0.3) is 5.69 Å². The van der Waals surface area contributed by atoms with Crippen LogP contribution >= 0.6 is 0 Å². The Bertz CT molecular complexity index is 864. The van der Waals surface area contributed by atoms with E-state index in [2.05, 4.69) is 21.8 Å². The Morgan fingerprint density at radius 3 is 2.23 bits per heavy atom. The Labute approximate surface area is 178 Å². The quantitative estimate of drug-likeness (QED) is 0.756. The maximum absolute atomic E-state index is 13.2. The van der Waals surface area contributed by atoms with Gasteiger partial charge in [-0.2, -0.15) is 5.10 Å². The molecule has 0 spiro atoms. The molecule has 0 bridgehead atoms. The van der Waals surface area contributed by atoms with E-state index >= 15 is 0 Å². The molecule has 0 radical (unpaired) electrons. The number of halogens is 1. The van der Waals surface area contributed by atoms with E-state index in [0.717, 1.165) is 75.7 Å². The lowest BCUT2D eigenvalue weighted by Crippen LogP contribution is -2.50. The van der Waals surface area contributed by atoms with Crippen molar-refractivity contribution in [1.29, 1.82) is 0 Å². The van der Waals surface area contributed by atoms with Crippen LogP contribution in [-0.2, 0) is 11.3 Å². The highest BCUT2D eigenvalue weighted by Crippen LogP contribution is 2.21. The van der Waals surface area contributed by atoms with Crippen LogP contribution in [0.5, 0.6) is 0 Å². The van der Waals surface area contributed by atoms with Crippen molar-refractivity contribution < 1.29 is 9.18 Å². The summed E-state index contributed by atoms with van der Waals surface area (Å²) in [5, 5.41) is 4.69. The fourth-order valence-electron chi connectivity index (χ4n) is 4.50. The lowest BCUT2D eigenvalue weighted by molar-refractivity contribution is -0.133. The highest BCUT2D eigenvalue weighted by Gasteiger charge is 2.24. The van der Waals surface area contributed by atoms with Crippen molar-refractivity contribution in [1.82, 2.24) is 24.5 Å². The third-order valence-corrected chi connectivity index (χ3v) is 6.43. The number of benzene rings is 1. The molecule has 0 atom stereocenters. The Hall–Kier alpha value is -2.25. The molecule has 6 nitrogen and oxygen atoms in total. The van der Waals surface area contributed by atoms with Gasteiger partial charge in [0.25, 0.3) is 0 Å². The summed E-state index contributed by atoms with van der Waals surface area (Å²) in [6.07, 6.45) is 3.53. The molecule has 1 aromatic heterocycles. The van der Waals surface area contributed by atoms with Crippen LogP contribution in [0.1, 0.15) is 36.2 Å². The average Bonchev–Trinajstić information content (AvgIpc) is 3.04. The van der Waals surface area contributed by atoms with Gasteiger partial charge < -0.3 is 4.90 Å². The molecule has 2 saturated heterocycles. The predicted octanol–water partition coefficient (Wildman–Crippen LogP) is 2.76. The second kappa shape index (κ2) is 9.27. The summed E-state index contributed by atoms with van der Waals surface area (Å²) in [5.41, 5.74) is 4.22. The summed E-state index contributed by atoms with van der Waals surface area (Å²) in [5.74, 6) is 0.0487. The monoisotopic (exact) mass is 413 g/mol. The second-order valence-electron chi connectivity index (χ2n) is 8.53. The molecule has 1 aromatic carbocycles. The fourth-order valence-corrected chi connectivity index (χ4v) is 4.50. The molecule has 0 unspecified atom stereocenters. The first kappa shape index (κ1) is 21.0. The summed E-state index contributed by atoms with van der Waals surface area (Å²) in [6, 6.07) is 6.46. The normalized spacial score (nSPS) is 18.7. The molecule has 162 valence electrons. The van der Waals surface area contributed by atoms with Crippen LogP contribution in [0.3, 0.4) is 0 Å². The maximum atomic E-state index is 13.2. The number of piperidine rings is 1. The summed E-state index contributed by atoms with van der Waals surface area (Å²) in [4.78, 5) is 19.3. The van der Waals surface area contributed by atoms with E-state index in [-0.39, 0.29) is 11.7 Å². The lowest BCUT2D eigenvalue weighted by atomic mass is 10.1. The van der Waals surface area contributed by atoms with Gasteiger partial charge in [-0.15, -0.1) is 0 Å². The van der Waals surface area contributed by atoms with Crippen LogP contribution in [0.4, 0.5) is 4.39 Å². The largest absolute Gasteiger partial charge is 0.342 e. The Morgan fingerprint density at radius 2 is 1.57 bits per heavy atom. The number of nitrogens with zero attached hydrogens (tertiary/aromatic N) is 5. The third-order valence-electron chi connectivity index (χ3n) is 6.43. The van der Waals surface area contributed by atoms with Gasteiger partial charge >= 0.3 is 0 Å². The van der Waals surface area contributed by atoms with Crippen molar-refractivity contribution in [3.63, 3.8) is 0 Å². The molecule has 3 heterocycles. The van der Waals surface area contributed by atoms with Gasteiger partial charge in [-0.25, -0.2) is 9.07 Å². The number of aryl methyl sites for hydroxylation is 1. The van der Waals surface area contributed by atoms with Crippen molar-refractivity contribution in [2.24, 2.45) is 0 Å². The van der Waals surface area contributed by atoms with E-state index in [1.54, 1.807) is 12.1 Å². The van der Waals surface area contributed by atoms with E-state index in [1.165, 1.54) is 24.1 Å². The van der Waals surface area contributed by atoms with Crippen molar-refractivity contribution in [3.8, 4) is 5.69 Å². The summed E-state index contributed by atoms with van der Waals surface area (Å²) >= 11 is 0. The zero-order valence-corrected chi connectivity index (χ0v) is 18.1. The van der Waals surface area contributed by atoms with E-state index in [9.17, 15) is 9.18 Å². The minimum atomic E-state index is -0.239. The summed E-state index contributed by atoms with van der Waals surface area (Å²) < 4.78 is 15.1. The highest BCUT2D eigenvalue weighted by molar-refractivity contribution is 5.78. The van der Waals surface area contributed by atoms with Crippen molar-refractivity contribution in [2.75, 3.05) is 45.8 Å². The number of amides is 1. The molecule has 4 rings (SSSR count). The number of hydrogen-bond donors (Lipinski definition) is 0. The lowest BCUT2D eigenvalue weighted by Gasteiger charge is -2.36. The highest BCUT2D eigenvalue weighted by atomic mass is 19.1. The maximum Gasteiger partial charge on any atom is 0.236 e. The number of piperazine rings is 1. The van der Waals surface area contributed by atoms with Gasteiger partial charge in [-0.1, -0.05) is 0 Å². The van der Waals surface area contributed by atoms with Gasteiger partial charge in [0.05, 0.1) is 17.9 Å². The number of likely N-dealkylation sites (tertiary alicyclic amines) is 1. The van der Waals surface area contributed by atoms with E-state index < -0.39 is 0 Å². The minimum absolute atomic E-state index is 0.239. The molecule has 0 aliphatic carbocycles. The molecule has 0 N–H and O–H groups in total. The summed E-state index contributed by atoms with van der Waals surface area (Å²) in [7, 11) is 0. The van der Waals surface area contributed by atoms with Gasteiger partial charge in [-0.3, -0.25) is 14.6 Å². The van der Waals surface area contributed by atoms with Crippen molar-refractivity contribution in [3.05, 3.63) is 47.0 Å². The van der Waals surface area contributed by atoms with Crippen LogP contribution in [-0.4, -0.2) is 76.2 Å². The van der Waals surface area contributed by atoms with Crippen molar-refractivity contribution in [2.45, 2.75) is 39.7 Å². The summed E-state index contributed by atoms with van der Waals surface area (Å²) in [6.45, 7) is 11.1. The molecule has 2 aliphatic rings. The van der Waals surface area contributed by atoms with E-state index in [4.69, 9.17) is 0 Å². The number of carbonyl (C=O) groups excluding carboxylic acids is 1. The van der Waals surface area contributed by atoms with Crippen LogP contribution in [0.15, 0.2) is 24.3 Å². The van der Waals surface area contributed by atoms with Gasteiger partial charge in [0, 0.05) is 57.1 Å². The molecule has 30 heavy (non-hydrogen) atoms. The molecule has 1 amide bonds. The predicted molar refractivity (Wildman–Crippen MR) is 115 cm³/mol. The van der Waals surface area contributed by atoms with Gasteiger partial charge in [0.15, 0.2) is 0 Å². The molecule has 0 saturated carbocycles. The van der Waals surface area contributed by atoms with E-state index in [1.807, 2.05) is 16.5 Å². The molecule has 2 fully saturated rings. The SMILES string of the molecule is Cc1nn(-c2ccc(F)cc2)c(C)c1CN1CCN(CC(=O)N2CCCCC2)CC1.